The summed E-state index contributed by atoms with van der Waals surface area (Å²) in [5.74, 6) is -0.238. The summed E-state index contributed by atoms with van der Waals surface area (Å²) in [5.41, 5.74) is 3.25. The number of ether oxygens (including phenoxy) is 2. The van der Waals surface area contributed by atoms with E-state index in [0.717, 1.165) is 16.7 Å². The first kappa shape index (κ1) is 18.9. The minimum Gasteiger partial charge on any atom is -0.452 e. The van der Waals surface area contributed by atoms with E-state index in [1.807, 2.05) is 71.0 Å². The first-order chi connectivity index (χ1) is 12.7. The second kappa shape index (κ2) is 7.03. The fraction of sp³-hybridized carbons (Fsp3) is 0.304. The van der Waals surface area contributed by atoms with Crippen LogP contribution in [0.5, 0.6) is 0 Å². The van der Waals surface area contributed by atoms with Crippen molar-refractivity contribution in [3.8, 4) is 0 Å². The summed E-state index contributed by atoms with van der Waals surface area (Å²) >= 11 is 0. The molecule has 3 rings (SSSR count). The molecule has 1 atom stereocenters. The maximum Gasteiger partial charge on any atom is 0.344 e. The monoisotopic (exact) mass is 364 g/mol. The van der Waals surface area contributed by atoms with Gasteiger partial charge in [-0.15, -0.1) is 0 Å². The maximum absolute atomic E-state index is 12.6. The Morgan fingerprint density at radius 3 is 2.19 bits per heavy atom. The van der Waals surface area contributed by atoms with Crippen molar-refractivity contribution in [1.82, 2.24) is 0 Å². The summed E-state index contributed by atoms with van der Waals surface area (Å²) in [7, 11) is 0. The lowest BCUT2D eigenvalue weighted by molar-refractivity contribution is -0.157. The van der Waals surface area contributed by atoms with Gasteiger partial charge in [0.15, 0.2) is 6.10 Å². The summed E-state index contributed by atoms with van der Waals surface area (Å²) in [6.45, 7) is 9.28. The first-order valence-electron chi connectivity index (χ1n) is 8.98. The van der Waals surface area contributed by atoms with Crippen molar-refractivity contribution < 1.29 is 19.1 Å². The molecular weight excluding hydrogens is 340 g/mol. The average molecular weight is 364 g/mol. The molecular formula is C23H24O4. The molecule has 4 nitrogen and oxygen atoms in total. The van der Waals surface area contributed by atoms with Crippen molar-refractivity contribution in [3.05, 3.63) is 76.4 Å². The zero-order chi connectivity index (χ0) is 19.8. The molecule has 1 aliphatic rings. The molecule has 27 heavy (non-hydrogen) atoms. The number of esters is 2. The lowest BCUT2D eigenvalue weighted by Crippen LogP contribution is -2.25. The standard InChI is InChI=1S/C23H24O4/c1-14-10-12-16(13-11-14)19(27-22(25)23(3,4)5)15(2)20-17-8-6-7-9-18(17)21(24)26-20/h6-13,19H,1-5H3/b20-15-. The van der Waals surface area contributed by atoms with E-state index < -0.39 is 11.5 Å². The summed E-state index contributed by atoms with van der Waals surface area (Å²) in [6, 6.07) is 15.0. The number of aryl methyl sites for hydroxylation is 1. The van der Waals surface area contributed by atoms with Crippen LogP contribution in [0.25, 0.3) is 5.76 Å². The third kappa shape index (κ3) is 3.80. The summed E-state index contributed by atoms with van der Waals surface area (Å²) in [6.07, 6.45) is -0.633. The van der Waals surface area contributed by atoms with Crippen LogP contribution in [-0.2, 0) is 14.3 Å². The van der Waals surface area contributed by atoms with Gasteiger partial charge < -0.3 is 9.47 Å². The highest BCUT2D eigenvalue weighted by Gasteiger charge is 2.33. The van der Waals surface area contributed by atoms with E-state index in [-0.39, 0.29) is 11.9 Å². The molecule has 1 unspecified atom stereocenters. The SMILES string of the molecule is C/C(=C1/OC(=O)c2ccccc21)C(OC(=O)C(C)(C)C)c1ccc(C)cc1. The van der Waals surface area contributed by atoms with Crippen molar-refractivity contribution in [2.45, 2.75) is 40.7 Å². The third-order valence-electron chi connectivity index (χ3n) is 4.56. The summed E-state index contributed by atoms with van der Waals surface area (Å²) < 4.78 is 11.4. The quantitative estimate of drug-likeness (QED) is 0.700. The average Bonchev–Trinajstić information content (AvgIpc) is 2.96. The topological polar surface area (TPSA) is 52.6 Å². The van der Waals surface area contributed by atoms with Gasteiger partial charge in [-0.05, 0) is 46.2 Å². The fourth-order valence-electron chi connectivity index (χ4n) is 2.91. The van der Waals surface area contributed by atoms with Gasteiger partial charge in [-0.3, -0.25) is 4.79 Å². The molecule has 0 amide bonds. The molecule has 0 saturated carbocycles. The molecule has 0 aliphatic carbocycles. The number of carbonyl (C=O) groups is 2. The molecule has 1 aliphatic heterocycles. The molecule has 0 aromatic heterocycles. The predicted octanol–water partition coefficient (Wildman–Crippen LogP) is 5.23. The minimum absolute atomic E-state index is 0.314. The van der Waals surface area contributed by atoms with Crippen LogP contribution in [0.15, 0.2) is 54.1 Å². The Hall–Kier alpha value is -2.88. The van der Waals surface area contributed by atoms with Crippen LogP contribution in [0.4, 0.5) is 0 Å². The number of rotatable bonds is 3. The van der Waals surface area contributed by atoms with Gasteiger partial charge in [0.25, 0.3) is 0 Å². The molecule has 1 heterocycles. The lowest BCUT2D eigenvalue weighted by atomic mass is 9.95. The van der Waals surface area contributed by atoms with E-state index in [1.54, 1.807) is 12.1 Å². The highest BCUT2D eigenvalue weighted by Crippen LogP contribution is 2.38. The van der Waals surface area contributed by atoms with Gasteiger partial charge in [0, 0.05) is 11.1 Å². The first-order valence-corrected chi connectivity index (χ1v) is 8.98. The normalized spacial score (nSPS) is 16.4. The van der Waals surface area contributed by atoms with Crippen LogP contribution < -0.4 is 0 Å². The highest BCUT2D eigenvalue weighted by atomic mass is 16.6. The number of hydrogen-bond acceptors (Lipinski definition) is 4. The second-order valence-electron chi connectivity index (χ2n) is 7.89. The Kier molecular flexibility index (Phi) is 4.92. The largest absolute Gasteiger partial charge is 0.452 e. The van der Waals surface area contributed by atoms with E-state index in [0.29, 0.717) is 16.9 Å². The van der Waals surface area contributed by atoms with Gasteiger partial charge in [0.05, 0.1) is 11.0 Å². The van der Waals surface area contributed by atoms with Crippen LogP contribution >= 0.6 is 0 Å². The maximum atomic E-state index is 12.6. The molecule has 2 aromatic rings. The third-order valence-corrected chi connectivity index (χ3v) is 4.56. The van der Waals surface area contributed by atoms with Crippen LogP contribution in [-0.4, -0.2) is 11.9 Å². The number of benzene rings is 2. The Labute approximate surface area is 159 Å². The minimum atomic E-state index is -0.641. The van der Waals surface area contributed by atoms with E-state index in [9.17, 15) is 9.59 Å². The van der Waals surface area contributed by atoms with Gasteiger partial charge in [0.1, 0.15) is 5.76 Å². The molecule has 0 saturated heterocycles. The predicted molar refractivity (Wildman–Crippen MR) is 104 cm³/mol. The van der Waals surface area contributed by atoms with Crippen molar-refractivity contribution in [3.63, 3.8) is 0 Å². The molecule has 0 radical (unpaired) electrons. The van der Waals surface area contributed by atoms with Crippen molar-refractivity contribution in [2.75, 3.05) is 0 Å². The Morgan fingerprint density at radius 1 is 1.00 bits per heavy atom. The molecule has 140 valence electrons. The number of fused-ring (bicyclic) bond motifs is 1. The molecule has 0 spiro atoms. The molecule has 0 N–H and O–H groups in total. The van der Waals surface area contributed by atoms with E-state index >= 15 is 0 Å². The highest BCUT2D eigenvalue weighted by molar-refractivity contribution is 6.03. The lowest BCUT2D eigenvalue weighted by Gasteiger charge is -2.25. The second-order valence-corrected chi connectivity index (χ2v) is 7.89. The molecule has 0 bridgehead atoms. The summed E-state index contributed by atoms with van der Waals surface area (Å²) in [5, 5.41) is 0. The van der Waals surface area contributed by atoms with E-state index in [1.165, 1.54) is 0 Å². The van der Waals surface area contributed by atoms with Crippen molar-refractivity contribution in [2.24, 2.45) is 5.41 Å². The van der Waals surface area contributed by atoms with E-state index in [4.69, 9.17) is 9.47 Å². The van der Waals surface area contributed by atoms with Crippen molar-refractivity contribution in [1.29, 1.82) is 0 Å². The van der Waals surface area contributed by atoms with Crippen molar-refractivity contribution >= 4 is 17.7 Å². The Balaban J connectivity index is 2.09. The fourth-order valence-corrected chi connectivity index (χ4v) is 2.91. The Morgan fingerprint density at radius 2 is 1.59 bits per heavy atom. The van der Waals surface area contributed by atoms with Gasteiger partial charge >= 0.3 is 11.9 Å². The smallest absolute Gasteiger partial charge is 0.344 e. The molecule has 4 heteroatoms. The Bertz CT molecular complexity index is 914. The zero-order valence-electron chi connectivity index (χ0n) is 16.3. The van der Waals surface area contributed by atoms with Crippen LogP contribution in [0.3, 0.4) is 0 Å². The molecule has 0 fully saturated rings. The number of hydrogen-bond donors (Lipinski definition) is 0. The molecule has 2 aromatic carbocycles. The number of cyclic esters (lactones) is 1. The van der Waals surface area contributed by atoms with Crippen LogP contribution in [0.1, 0.15) is 60.8 Å². The van der Waals surface area contributed by atoms with Gasteiger partial charge in [-0.1, -0.05) is 48.0 Å². The summed E-state index contributed by atoms with van der Waals surface area (Å²) in [4.78, 5) is 24.8. The van der Waals surface area contributed by atoms with E-state index in [2.05, 4.69) is 0 Å². The van der Waals surface area contributed by atoms with Gasteiger partial charge in [-0.2, -0.15) is 0 Å². The van der Waals surface area contributed by atoms with Crippen LogP contribution in [0, 0.1) is 12.3 Å². The van der Waals surface area contributed by atoms with Gasteiger partial charge in [0.2, 0.25) is 0 Å². The van der Waals surface area contributed by atoms with Gasteiger partial charge in [-0.25, -0.2) is 4.79 Å². The zero-order valence-corrected chi connectivity index (χ0v) is 16.3. The van der Waals surface area contributed by atoms with Crippen LogP contribution in [0.2, 0.25) is 0 Å². The number of carbonyl (C=O) groups excluding carboxylic acids is 2.